The van der Waals surface area contributed by atoms with Gasteiger partial charge in [0.15, 0.2) is 0 Å². The van der Waals surface area contributed by atoms with Crippen LogP contribution in [-0.2, 0) is 32.1 Å². The highest BCUT2D eigenvalue weighted by Gasteiger charge is 2.37. The minimum Gasteiger partial charge on any atom is -0.467 e. The molecular weight excluding hydrogens is 464 g/mol. The van der Waals surface area contributed by atoms with E-state index in [0.717, 1.165) is 15.6 Å². The van der Waals surface area contributed by atoms with Gasteiger partial charge in [-0.3, -0.25) is 9.69 Å². The molecule has 1 aliphatic heterocycles. The van der Waals surface area contributed by atoms with Gasteiger partial charge in [-0.25, -0.2) is 9.59 Å². The number of hydrogen-bond donors (Lipinski definition) is 1. The van der Waals surface area contributed by atoms with E-state index in [1.165, 1.54) is 12.0 Å². The number of carbonyl (C=O) groups excluding carboxylic acids is 3. The SMILES string of the molecule is COC(=O)[C@H](Cc1ccc(Br)cc1)NC(=O)[C@H]1CCCN1C(=O)OCc1ccccc1. The number of likely N-dealkylation sites (tertiary alicyclic amines) is 1. The maximum Gasteiger partial charge on any atom is 0.410 e. The fourth-order valence-corrected chi connectivity index (χ4v) is 3.78. The molecule has 1 heterocycles. The second kappa shape index (κ2) is 10.9. The zero-order chi connectivity index (χ0) is 22.2. The van der Waals surface area contributed by atoms with E-state index in [1.54, 1.807) is 0 Å². The number of halogens is 1. The normalized spacial score (nSPS) is 16.5. The summed E-state index contributed by atoms with van der Waals surface area (Å²) in [5.74, 6) is -0.922. The Labute approximate surface area is 189 Å². The van der Waals surface area contributed by atoms with E-state index in [-0.39, 0.29) is 18.9 Å². The molecule has 2 aromatic carbocycles. The number of amides is 2. The largest absolute Gasteiger partial charge is 0.467 e. The summed E-state index contributed by atoms with van der Waals surface area (Å²) in [4.78, 5) is 39.2. The Hall–Kier alpha value is -2.87. The summed E-state index contributed by atoms with van der Waals surface area (Å²) in [6, 6.07) is 15.3. The van der Waals surface area contributed by atoms with Gasteiger partial charge >= 0.3 is 12.1 Å². The van der Waals surface area contributed by atoms with Gasteiger partial charge in [0.1, 0.15) is 18.7 Å². The first-order valence-corrected chi connectivity index (χ1v) is 10.9. The first kappa shape index (κ1) is 22.8. The van der Waals surface area contributed by atoms with Crippen LogP contribution < -0.4 is 5.32 Å². The first-order valence-electron chi connectivity index (χ1n) is 10.1. The number of ether oxygens (including phenoxy) is 2. The van der Waals surface area contributed by atoms with Gasteiger partial charge in [0.05, 0.1) is 7.11 Å². The van der Waals surface area contributed by atoms with E-state index in [2.05, 4.69) is 21.2 Å². The Kier molecular flexibility index (Phi) is 8.06. The average molecular weight is 489 g/mol. The maximum atomic E-state index is 12.9. The Bertz CT molecular complexity index is 904. The third-order valence-electron chi connectivity index (χ3n) is 5.15. The second-order valence-electron chi connectivity index (χ2n) is 7.31. The Balaban J connectivity index is 1.62. The molecule has 0 bridgehead atoms. The predicted molar refractivity (Wildman–Crippen MR) is 118 cm³/mol. The molecule has 0 radical (unpaired) electrons. The molecule has 7 nitrogen and oxygen atoms in total. The molecule has 2 aromatic rings. The third kappa shape index (κ3) is 6.30. The van der Waals surface area contributed by atoms with Gasteiger partial charge in [0, 0.05) is 17.4 Å². The summed E-state index contributed by atoms with van der Waals surface area (Å²) in [6.07, 6.45) is 0.952. The minimum absolute atomic E-state index is 0.138. The lowest BCUT2D eigenvalue weighted by molar-refractivity contribution is -0.145. The molecule has 1 N–H and O–H groups in total. The van der Waals surface area contributed by atoms with Crippen molar-refractivity contribution in [3.05, 3.63) is 70.2 Å². The van der Waals surface area contributed by atoms with Crippen molar-refractivity contribution in [3.63, 3.8) is 0 Å². The highest BCUT2D eigenvalue weighted by Crippen LogP contribution is 2.20. The van der Waals surface area contributed by atoms with E-state index in [4.69, 9.17) is 9.47 Å². The molecule has 2 atom stereocenters. The zero-order valence-corrected chi connectivity index (χ0v) is 18.8. The Morgan fingerprint density at radius 3 is 2.48 bits per heavy atom. The van der Waals surface area contributed by atoms with Gasteiger partial charge < -0.3 is 14.8 Å². The lowest BCUT2D eigenvalue weighted by atomic mass is 10.1. The predicted octanol–water partition coefficient (Wildman–Crippen LogP) is 3.45. The monoisotopic (exact) mass is 488 g/mol. The fraction of sp³-hybridized carbons (Fsp3) is 0.348. The molecule has 1 fully saturated rings. The van der Waals surface area contributed by atoms with E-state index >= 15 is 0 Å². The van der Waals surface area contributed by atoms with Gasteiger partial charge in [0.2, 0.25) is 5.91 Å². The molecule has 0 saturated carbocycles. The minimum atomic E-state index is -0.846. The van der Waals surface area contributed by atoms with Crippen LogP contribution >= 0.6 is 15.9 Å². The quantitative estimate of drug-likeness (QED) is 0.603. The molecule has 0 aromatic heterocycles. The smallest absolute Gasteiger partial charge is 0.410 e. The van der Waals surface area contributed by atoms with Crippen LogP contribution in [0.5, 0.6) is 0 Å². The molecule has 3 rings (SSSR count). The Morgan fingerprint density at radius 1 is 1.10 bits per heavy atom. The average Bonchev–Trinajstić information content (AvgIpc) is 3.29. The molecule has 0 aliphatic carbocycles. The third-order valence-corrected chi connectivity index (χ3v) is 5.68. The van der Waals surface area contributed by atoms with Crippen LogP contribution in [0, 0.1) is 0 Å². The number of nitrogens with one attached hydrogen (secondary N) is 1. The van der Waals surface area contributed by atoms with E-state index < -0.39 is 24.1 Å². The van der Waals surface area contributed by atoms with Crippen molar-refractivity contribution in [3.8, 4) is 0 Å². The Morgan fingerprint density at radius 2 is 1.81 bits per heavy atom. The van der Waals surface area contributed by atoms with Crippen LogP contribution in [0.2, 0.25) is 0 Å². The molecule has 1 aliphatic rings. The molecule has 1 saturated heterocycles. The summed E-state index contributed by atoms with van der Waals surface area (Å²) in [5.41, 5.74) is 1.75. The highest BCUT2D eigenvalue weighted by atomic mass is 79.9. The van der Waals surface area contributed by atoms with Crippen molar-refractivity contribution >= 4 is 33.9 Å². The topological polar surface area (TPSA) is 84.9 Å². The van der Waals surface area contributed by atoms with Crippen LogP contribution in [0.3, 0.4) is 0 Å². The van der Waals surface area contributed by atoms with E-state index in [0.29, 0.717) is 19.4 Å². The number of esters is 1. The summed E-state index contributed by atoms with van der Waals surface area (Å²) >= 11 is 3.38. The van der Waals surface area contributed by atoms with Gasteiger partial charge in [-0.05, 0) is 36.1 Å². The number of rotatable bonds is 7. The molecule has 0 spiro atoms. The molecule has 31 heavy (non-hydrogen) atoms. The fourth-order valence-electron chi connectivity index (χ4n) is 3.52. The first-order chi connectivity index (χ1) is 15.0. The van der Waals surface area contributed by atoms with Crippen molar-refractivity contribution in [2.75, 3.05) is 13.7 Å². The zero-order valence-electron chi connectivity index (χ0n) is 17.3. The van der Waals surface area contributed by atoms with Crippen LogP contribution in [0.1, 0.15) is 24.0 Å². The van der Waals surface area contributed by atoms with Crippen molar-refractivity contribution in [1.29, 1.82) is 0 Å². The van der Waals surface area contributed by atoms with Gasteiger partial charge in [-0.1, -0.05) is 58.4 Å². The van der Waals surface area contributed by atoms with Crippen LogP contribution in [0.15, 0.2) is 59.1 Å². The maximum absolute atomic E-state index is 12.9. The van der Waals surface area contributed by atoms with Crippen molar-refractivity contribution in [2.24, 2.45) is 0 Å². The van der Waals surface area contributed by atoms with Gasteiger partial charge in [-0.2, -0.15) is 0 Å². The van der Waals surface area contributed by atoms with Crippen molar-refractivity contribution < 1.29 is 23.9 Å². The number of nitrogens with zero attached hydrogens (tertiary/aromatic N) is 1. The molecule has 8 heteroatoms. The van der Waals surface area contributed by atoms with Gasteiger partial charge in [-0.15, -0.1) is 0 Å². The van der Waals surface area contributed by atoms with Crippen molar-refractivity contribution in [1.82, 2.24) is 10.2 Å². The number of benzene rings is 2. The summed E-state index contributed by atoms with van der Waals surface area (Å²) in [5, 5.41) is 2.76. The van der Waals surface area contributed by atoms with Crippen LogP contribution in [0.25, 0.3) is 0 Å². The highest BCUT2D eigenvalue weighted by molar-refractivity contribution is 9.10. The number of methoxy groups -OCH3 is 1. The van der Waals surface area contributed by atoms with Crippen LogP contribution in [-0.4, -0.2) is 48.6 Å². The summed E-state index contributed by atoms with van der Waals surface area (Å²) < 4.78 is 11.2. The van der Waals surface area contributed by atoms with Crippen molar-refractivity contribution in [2.45, 2.75) is 38.0 Å². The second-order valence-corrected chi connectivity index (χ2v) is 8.22. The van der Waals surface area contributed by atoms with E-state index in [1.807, 2.05) is 54.6 Å². The molecule has 164 valence electrons. The number of carbonyl (C=O) groups is 3. The lowest BCUT2D eigenvalue weighted by Gasteiger charge is -2.25. The summed E-state index contributed by atoms with van der Waals surface area (Å²) in [7, 11) is 1.28. The molecular formula is C23H25BrN2O5. The lowest BCUT2D eigenvalue weighted by Crippen LogP contribution is -2.51. The van der Waals surface area contributed by atoms with Gasteiger partial charge in [0.25, 0.3) is 0 Å². The summed E-state index contributed by atoms with van der Waals surface area (Å²) in [6.45, 7) is 0.570. The van der Waals surface area contributed by atoms with Crippen LogP contribution in [0.4, 0.5) is 4.79 Å². The molecule has 2 amide bonds. The number of hydrogen-bond acceptors (Lipinski definition) is 5. The molecule has 0 unspecified atom stereocenters. The standard InChI is InChI=1S/C23H25BrN2O5/c1-30-22(28)19(14-16-9-11-18(24)12-10-16)25-21(27)20-8-5-13-26(20)23(29)31-15-17-6-3-2-4-7-17/h2-4,6-7,9-12,19-20H,5,8,13-15H2,1H3,(H,25,27)/t19-,20+/m0/s1. The van der Waals surface area contributed by atoms with E-state index in [9.17, 15) is 14.4 Å².